The number of benzene rings is 2. The maximum absolute atomic E-state index is 12.5. The number of halogens is 3. The van der Waals surface area contributed by atoms with Gasteiger partial charge in [-0.2, -0.15) is 5.26 Å². The van der Waals surface area contributed by atoms with Crippen molar-refractivity contribution in [3.05, 3.63) is 70.3 Å². The van der Waals surface area contributed by atoms with Crippen LogP contribution in [0.3, 0.4) is 0 Å². The van der Waals surface area contributed by atoms with Crippen LogP contribution in [-0.4, -0.2) is 16.3 Å². The predicted molar refractivity (Wildman–Crippen MR) is 89.0 cm³/mol. The maximum atomic E-state index is 12.5. The second-order valence-corrected chi connectivity index (χ2v) is 5.19. The van der Waals surface area contributed by atoms with Gasteiger partial charge >= 0.3 is 6.36 Å². The summed E-state index contributed by atoms with van der Waals surface area (Å²) in [4.78, 5) is 18.8. The van der Waals surface area contributed by atoms with E-state index >= 15 is 0 Å². The first-order chi connectivity index (χ1) is 12.4. The SMILES string of the molecule is N#CC(=Cc1ccccc1OC(F)(F)F)c1nc2ccccc2c(=O)[nH]1. The number of nitrogens with one attached hydrogen (secondary N) is 1. The highest BCUT2D eigenvalue weighted by atomic mass is 19.4. The van der Waals surface area contributed by atoms with E-state index in [9.17, 15) is 23.2 Å². The van der Waals surface area contributed by atoms with Crippen molar-refractivity contribution in [2.75, 3.05) is 0 Å². The number of hydrogen-bond acceptors (Lipinski definition) is 4. The lowest BCUT2D eigenvalue weighted by atomic mass is 10.1. The Balaban J connectivity index is 2.11. The summed E-state index contributed by atoms with van der Waals surface area (Å²) in [5, 5.41) is 9.73. The van der Waals surface area contributed by atoms with Crippen molar-refractivity contribution in [3.63, 3.8) is 0 Å². The van der Waals surface area contributed by atoms with Crippen LogP contribution >= 0.6 is 0 Å². The van der Waals surface area contributed by atoms with E-state index in [0.717, 1.165) is 6.07 Å². The minimum absolute atomic E-state index is 0.0252. The van der Waals surface area contributed by atoms with Gasteiger partial charge in [0.05, 0.1) is 16.5 Å². The lowest BCUT2D eigenvalue weighted by Gasteiger charge is -2.11. The fourth-order valence-corrected chi connectivity index (χ4v) is 2.34. The topological polar surface area (TPSA) is 78.8 Å². The van der Waals surface area contributed by atoms with Crippen LogP contribution in [0.4, 0.5) is 13.2 Å². The number of aromatic amines is 1. The van der Waals surface area contributed by atoms with Crippen LogP contribution in [0.2, 0.25) is 0 Å². The van der Waals surface area contributed by atoms with Crippen LogP contribution in [0.5, 0.6) is 5.75 Å². The monoisotopic (exact) mass is 357 g/mol. The van der Waals surface area contributed by atoms with Gasteiger partial charge in [-0.3, -0.25) is 4.79 Å². The Morgan fingerprint density at radius 3 is 2.58 bits per heavy atom. The van der Waals surface area contributed by atoms with E-state index in [1.165, 1.54) is 24.3 Å². The van der Waals surface area contributed by atoms with Crippen LogP contribution in [0, 0.1) is 11.3 Å². The number of para-hydroxylation sites is 2. The van der Waals surface area contributed by atoms with Gasteiger partial charge in [-0.1, -0.05) is 30.3 Å². The molecule has 0 aliphatic carbocycles. The standard InChI is InChI=1S/C18H10F3N3O2/c19-18(20,21)26-15-8-4-1-5-11(15)9-12(10-22)16-23-14-7-3-2-6-13(14)17(25)24-16/h1-9H,(H,23,24,25). The summed E-state index contributed by atoms with van der Waals surface area (Å²) in [6, 6.07) is 13.7. The van der Waals surface area contributed by atoms with Crippen LogP contribution in [0.25, 0.3) is 22.6 Å². The van der Waals surface area contributed by atoms with Crippen molar-refractivity contribution < 1.29 is 17.9 Å². The van der Waals surface area contributed by atoms with E-state index in [1.807, 2.05) is 6.07 Å². The zero-order chi connectivity index (χ0) is 18.7. The van der Waals surface area contributed by atoms with E-state index in [2.05, 4.69) is 14.7 Å². The minimum atomic E-state index is -4.87. The summed E-state index contributed by atoms with van der Waals surface area (Å²) in [5.41, 5.74) is -0.165. The van der Waals surface area contributed by atoms with Crippen molar-refractivity contribution >= 4 is 22.6 Å². The fraction of sp³-hybridized carbons (Fsp3) is 0.0556. The summed E-state index contributed by atoms with van der Waals surface area (Å²) in [5.74, 6) is -0.506. The quantitative estimate of drug-likeness (QED) is 0.722. The number of nitriles is 1. The predicted octanol–water partition coefficient (Wildman–Crippen LogP) is 3.89. The summed E-state index contributed by atoms with van der Waals surface area (Å²) in [6.07, 6.45) is -3.69. The number of alkyl halides is 3. The Hall–Kier alpha value is -3.60. The third kappa shape index (κ3) is 3.72. The molecule has 0 bridgehead atoms. The van der Waals surface area contributed by atoms with E-state index in [-0.39, 0.29) is 17.0 Å². The lowest BCUT2D eigenvalue weighted by molar-refractivity contribution is -0.274. The van der Waals surface area contributed by atoms with Gasteiger partial charge in [0.25, 0.3) is 5.56 Å². The Labute approximate surface area is 145 Å². The number of nitrogens with zero attached hydrogens (tertiary/aromatic N) is 2. The summed E-state index contributed by atoms with van der Waals surface area (Å²) < 4.78 is 41.5. The summed E-state index contributed by atoms with van der Waals surface area (Å²) >= 11 is 0. The second-order valence-electron chi connectivity index (χ2n) is 5.19. The van der Waals surface area contributed by atoms with Crippen LogP contribution < -0.4 is 10.3 Å². The minimum Gasteiger partial charge on any atom is -0.405 e. The highest BCUT2D eigenvalue weighted by Crippen LogP contribution is 2.28. The number of allylic oxidation sites excluding steroid dienone is 1. The molecule has 0 saturated carbocycles. The van der Waals surface area contributed by atoms with Crippen molar-refractivity contribution in [2.24, 2.45) is 0 Å². The fourth-order valence-electron chi connectivity index (χ4n) is 2.34. The molecule has 26 heavy (non-hydrogen) atoms. The van der Waals surface area contributed by atoms with Gasteiger partial charge in [-0.15, -0.1) is 13.2 Å². The molecule has 8 heteroatoms. The van der Waals surface area contributed by atoms with Gasteiger partial charge in [0, 0.05) is 5.56 Å². The molecule has 1 heterocycles. The summed E-state index contributed by atoms with van der Waals surface area (Å²) in [7, 11) is 0. The number of aromatic nitrogens is 2. The molecule has 3 aromatic rings. The molecule has 0 spiro atoms. The molecule has 130 valence electrons. The molecule has 0 aliphatic heterocycles. The molecule has 0 saturated heterocycles. The van der Waals surface area contributed by atoms with Crippen LogP contribution in [0.1, 0.15) is 11.4 Å². The van der Waals surface area contributed by atoms with Crippen molar-refractivity contribution in [3.8, 4) is 11.8 Å². The van der Waals surface area contributed by atoms with Gasteiger partial charge in [-0.05, 0) is 24.3 Å². The Bertz CT molecular complexity index is 1100. The van der Waals surface area contributed by atoms with Crippen molar-refractivity contribution in [2.45, 2.75) is 6.36 Å². The maximum Gasteiger partial charge on any atom is 0.573 e. The molecule has 1 N–H and O–H groups in total. The lowest BCUT2D eigenvalue weighted by Crippen LogP contribution is -2.17. The third-order valence-electron chi connectivity index (χ3n) is 3.43. The normalized spacial score (nSPS) is 12.0. The molecule has 5 nitrogen and oxygen atoms in total. The molecule has 1 aromatic heterocycles. The average molecular weight is 357 g/mol. The average Bonchev–Trinajstić information content (AvgIpc) is 2.59. The second kappa shape index (κ2) is 6.72. The molecule has 0 aliphatic rings. The van der Waals surface area contributed by atoms with Gasteiger partial charge in [0.1, 0.15) is 11.8 Å². The van der Waals surface area contributed by atoms with Gasteiger partial charge in [0.15, 0.2) is 5.82 Å². The molecule has 3 rings (SSSR count). The molecule has 0 unspecified atom stereocenters. The molecule has 0 fully saturated rings. The van der Waals surface area contributed by atoms with Crippen molar-refractivity contribution in [1.82, 2.24) is 9.97 Å². The number of rotatable bonds is 3. The Kier molecular flexibility index (Phi) is 4.45. The Morgan fingerprint density at radius 2 is 1.85 bits per heavy atom. The van der Waals surface area contributed by atoms with E-state index in [4.69, 9.17) is 0 Å². The van der Waals surface area contributed by atoms with E-state index < -0.39 is 17.7 Å². The van der Waals surface area contributed by atoms with Crippen molar-refractivity contribution in [1.29, 1.82) is 5.26 Å². The number of ether oxygens (including phenoxy) is 1. The first-order valence-electron chi connectivity index (χ1n) is 7.33. The summed E-state index contributed by atoms with van der Waals surface area (Å²) in [6.45, 7) is 0. The van der Waals surface area contributed by atoms with E-state index in [1.54, 1.807) is 24.3 Å². The van der Waals surface area contributed by atoms with Gasteiger partial charge in [-0.25, -0.2) is 4.98 Å². The highest BCUT2D eigenvalue weighted by Gasteiger charge is 2.31. The first-order valence-corrected chi connectivity index (χ1v) is 7.33. The zero-order valence-electron chi connectivity index (χ0n) is 13.0. The molecular weight excluding hydrogens is 347 g/mol. The van der Waals surface area contributed by atoms with Gasteiger partial charge in [0.2, 0.25) is 0 Å². The highest BCUT2D eigenvalue weighted by molar-refractivity contribution is 5.90. The molecule has 0 atom stereocenters. The van der Waals surface area contributed by atoms with Crippen LogP contribution in [0.15, 0.2) is 53.3 Å². The van der Waals surface area contributed by atoms with Crippen LogP contribution in [-0.2, 0) is 0 Å². The number of H-pyrrole nitrogens is 1. The molecular formula is C18H10F3N3O2. The zero-order valence-corrected chi connectivity index (χ0v) is 13.0. The largest absolute Gasteiger partial charge is 0.573 e. The van der Waals surface area contributed by atoms with Gasteiger partial charge < -0.3 is 9.72 Å². The molecule has 0 radical (unpaired) electrons. The molecule has 2 aromatic carbocycles. The van der Waals surface area contributed by atoms with E-state index in [0.29, 0.717) is 10.9 Å². The smallest absolute Gasteiger partial charge is 0.405 e. The Morgan fingerprint density at radius 1 is 1.15 bits per heavy atom. The molecule has 0 amide bonds. The third-order valence-corrected chi connectivity index (χ3v) is 3.43. The number of hydrogen-bond donors (Lipinski definition) is 1. The number of fused-ring (bicyclic) bond motifs is 1. The first kappa shape index (κ1) is 17.2.